The SMILES string of the molecule is CC(C)c1ccc(NS(C)(=O)=O)c(F)c1. The molecule has 0 aromatic heterocycles. The van der Waals surface area contributed by atoms with Crippen LogP contribution < -0.4 is 4.72 Å². The van der Waals surface area contributed by atoms with Gasteiger partial charge in [0.2, 0.25) is 10.0 Å². The normalized spacial score (nSPS) is 11.8. The molecule has 1 N–H and O–H groups in total. The second-order valence-electron chi connectivity index (χ2n) is 3.77. The third kappa shape index (κ3) is 3.51. The smallest absolute Gasteiger partial charge is 0.229 e. The summed E-state index contributed by atoms with van der Waals surface area (Å²) in [6.45, 7) is 3.89. The molecule has 0 aliphatic heterocycles. The standard InChI is InChI=1S/C10H14FNO2S/c1-7(2)8-4-5-10(9(11)6-8)12-15(3,13)14/h4-7,12H,1-3H3. The Morgan fingerprint density at radius 1 is 1.33 bits per heavy atom. The lowest BCUT2D eigenvalue weighted by molar-refractivity contribution is 0.603. The van der Waals surface area contributed by atoms with Crippen molar-refractivity contribution in [3.8, 4) is 0 Å². The number of sulfonamides is 1. The first-order valence-electron chi connectivity index (χ1n) is 4.57. The summed E-state index contributed by atoms with van der Waals surface area (Å²) in [6, 6.07) is 4.49. The maximum absolute atomic E-state index is 13.4. The molecule has 0 aliphatic carbocycles. The van der Waals surface area contributed by atoms with Gasteiger partial charge in [-0.15, -0.1) is 0 Å². The summed E-state index contributed by atoms with van der Waals surface area (Å²) in [5.74, 6) is -0.335. The molecule has 3 nitrogen and oxygen atoms in total. The third-order valence-corrected chi connectivity index (χ3v) is 2.55. The number of nitrogens with one attached hydrogen (secondary N) is 1. The molecule has 0 unspecified atom stereocenters. The van der Waals surface area contributed by atoms with Crippen molar-refractivity contribution in [2.45, 2.75) is 19.8 Å². The monoisotopic (exact) mass is 231 g/mol. The third-order valence-electron chi connectivity index (χ3n) is 1.96. The van der Waals surface area contributed by atoms with Crippen LogP contribution in [0.3, 0.4) is 0 Å². The maximum Gasteiger partial charge on any atom is 0.229 e. The number of hydrogen-bond donors (Lipinski definition) is 1. The Labute approximate surface area is 89.4 Å². The molecule has 0 radical (unpaired) electrons. The molecule has 0 saturated heterocycles. The molecule has 1 rings (SSSR count). The largest absolute Gasteiger partial charge is 0.281 e. The maximum atomic E-state index is 13.4. The first-order chi connectivity index (χ1) is 6.79. The van der Waals surface area contributed by atoms with Crippen LogP contribution >= 0.6 is 0 Å². The average Bonchev–Trinajstić information content (AvgIpc) is 2.05. The summed E-state index contributed by atoms with van der Waals surface area (Å²) >= 11 is 0. The van der Waals surface area contributed by atoms with Crippen molar-refractivity contribution in [3.63, 3.8) is 0 Å². The molecule has 0 bridgehead atoms. The van der Waals surface area contributed by atoms with Crippen LogP contribution in [-0.2, 0) is 10.0 Å². The Morgan fingerprint density at radius 2 is 1.93 bits per heavy atom. The van der Waals surface area contributed by atoms with Crippen LogP contribution in [0.4, 0.5) is 10.1 Å². The van der Waals surface area contributed by atoms with Crippen molar-refractivity contribution < 1.29 is 12.8 Å². The van der Waals surface area contributed by atoms with Crippen molar-refractivity contribution in [1.29, 1.82) is 0 Å². The van der Waals surface area contributed by atoms with Crippen LogP contribution in [0.15, 0.2) is 18.2 Å². The zero-order valence-corrected chi connectivity index (χ0v) is 9.73. The Hall–Kier alpha value is -1.10. The summed E-state index contributed by atoms with van der Waals surface area (Å²) in [4.78, 5) is 0. The molecule has 0 amide bonds. The number of anilines is 1. The summed E-state index contributed by atoms with van der Waals surface area (Å²) < 4.78 is 37.3. The summed E-state index contributed by atoms with van der Waals surface area (Å²) in [7, 11) is -3.42. The molecule has 5 heteroatoms. The van der Waals surface area contributed by atoms with Crippen molar-refractivity contribution in [1.82, 2.24) is 0 Å². The van der Waals surface area contributed by atoms with Gasteiger partial charge in [-0.05, 0) is 23.6 Å². The van der Waals surface area contributed by atoms with E-state index in [4.69, 9.17) is 0 Å². The lowest BCUT2D eigenvalue weighted by Crippen LogP contribution is -2.11. The highest BCUT2D eigenvalue weighted by Gasteiger charge is 2.09. The van der Waals surface area contributed by atoms with E-state index < -0.39 is 15.8 Å². The van der Waals surface area contributed by atoms with E-state index in [0.29, 0.717) is 0 Å². The van der Waals surface area contributed by atoms with Crippen molar-refractivity contribution in [3.05, 3.63) is 29.6 Å². The number of halogens is 1. The Kier molecular flexibility index (Phi) is 3.34. The molecule has 84 valence electrons. The zero-order valence-electron chi connectivity index (χ0n) is 8.91. The molecule has 0 aliphatic rings. The highest BCUT2D eigenvalue weighted by molar-refractivity contribution is 7.92. The average molecular weight is 231 g/mol. The fourth-order valence-corrected chi connectivity index (χ4v) is 1.74. The second-order valence-corrected chi connectivity index (χ2v) is 5.52. The van der Waals surface area contributed by atoms with E-state index in [2.05, 4.69) is 4.72 Å². The molecule has 1 aromatic carbocycles. The van der Waals surface area contributed by atoms with Crippen LogP contribution in [0.2, 0.25) is 0 Å². The van der Waals surface area contributed by atoms with Crippen LogP contribution in [0.25, 0.3) is 0 Å². The fourth-order valence-electron chi connectivity index (χ4n) is 1.17. The second kappa shape index (κ2) is 4.18. The summed E-state index contributed by atoms with van der Waals surface area (Å²) in [5.41, 5.74) is 0.827. The number of rotatable bonds is 3. The van der Waals surface area contributed by atoms with E-state index >= 15 is 0 Å². The summed E-state index contributed by atoms with van der Waals surface area (Å²) in [6.07, 6.45) is 0.989. The molecule has 15 heavy (non-hydrogen) atoms. The van der Waals surface area contributed by atoms with E-state index in [0.717, 1.165) is 11.8 Å². The van der Waals surface area contributed by atoms with Crippen LogP contribution in [-0.4, -0.2) is 14.7 Å². The molecule has 0 saturated carbocycles. The first kappa shape index (κ1) is 12.0. The minimum atomic E-state index is -3.42. The van der Waals surface area contributed by atoms with Gasteiger partial charge < -0.3 is 0 Å². The van der Waals surface area contributed by atoms with Crippen LogP contribution in [0.1, 0.15) is 25.3 Å². The topological polar surface area (TPSA) is 46.2 Å². The van der Waals surface area contributed by atoms with Crippen molar-refractivity contribution in [2.75, 3.05) is 11.0 Å². The van der Waals surface area contributed by atoms with Gasteiger partial charge >= 0.3 is 0 Å². The molecule has 0 fully saturated rings. The molecular weight excluding hydrogens is 217 g/mol. The van der Waals surface area contributed by atoms with Gasteiger partial charge in [0.15, 0.2) is 0 Å². The first-order valence-corrected chi connectivity index (χ1v) is 6.46. The fraction of sp³-hybridized carbons (Fsp3) is 0.400. The minimum absolute atomic E-state index is 0.0121. The van der Waals surface area contributed by atoms with Crippen molar-refractivity contribution in [2.24, 2.45) is 0 Å². The van der Waals surface area contributed by atoms with E-state index in [1.54, 1.807) is 6.07 Å². The van der Waals surface area contributed by atoms with Gasteiger partial charge in [-0.2, -0.15) is 0 Å². The van der Waals surface area contributed by atoms with Gasteiger partial charge in [0.05, 0.1) is 11.9 Å². The van der Waals surface area contributed by atoms with E-state index in [1.165, 1.54) is 12.1 Å². The van der Waals surface area contributed by atoms with E-state index in [1.807, 2.05) is 13.8 Å². The Bertz CT molecular complexity index is 454. The van der Waals surface area contributed by atoms with Gasteiger partial charge in [-0.1, -0.05) is 19.9 Å². The Balaban J connectivity index is 3.04. The number of hydrogen-bond acceptors (Lipinski definition) is 2. The van der Waals surface area contributed by atoms with Gasteiger partial charge in [0.25, 0.3) is 0 Å². The van der Waals surface area contributed by atoms with Crippen LogP contribution in [0, 0.1) is 5.82 Å². The van der Waals surface area contributed by atoms with Crippen molar-refractivity contribution >= 4 is 15.7 Å². The van der Waals surface area contributed by atoms with Crippen LogP contribution in [0.5, 0.6) is 0 Å². The molecular formula is C10H14FNO2S. The van der Waals surface area contributed by atoms with E-state index in [-0.39, 0.29) is 11.6 Å². The number of benzene rings is 1. The predicted octanol–water partition coefficient (Wildman–Crippen LogP) is 2.32. The lowest BCUT2D eigenvalue weighted by Gasteiger charge is -2.09. The van der Waals surface area contributed by atoms with Gasteiger partial charge in [0, 0.05) is 0 Å². The predicted molar refractivity (Wildman–Crippen MR) is 59.0 cm³/mol. The summed E-state index contributed by atoms with van der Waals surface area (Å²) in [5, 5.41) is 0. The molecule has 0 spiro atoms. The lowest BCUT2D eigenvalue weighted by atomic mass is 10.0. The van der Waals surface area contributed by atoms with Gasteiger partial charge in [-0.3, -0.25) is 4.72 Å². The molecule has 0 heterocycles. The molecule has 1 aromatic rings. The highest BCUT2D eigenvalue weighted by atomic mass is 32.2. The van der Waals surface area contributed by atoms with Gasteiger partial charge in [0.1, 0.15) is 5.82 Å². The minimum Gasteiger partial charge on any atom is -0.281 e. The highest BCUT2D eigenvalue weighted by Crippen LogP contribution is 2.21. The van der Waals surface area contributed by atoms with Gasteiger partial charge in [-0.25, -0.2) is 12.8 Å². The quantitative estimate of drug-likeness (QED) is 0.867. The Morgan fingerprint density at radius 3 is 2.33 bits per heavy atom. The van der Waals surface area contributed by atoms with E-state index in [9.17, 15) is 12.8 Å². The zero-order chi connectivity index (χ0) is 11.6. The molecule has 0 atom stereocenters.